The SMILES string of the molecule is COc1cc2c(C)cc3c(c2cc1CS)-c1ccccc1C3(C)C. The highest BCUT2D eigenvalue weighted by atomic mass is 32.1. The minimum atomic E-state index is 0.0337. The molecule has 122 valence electrons. The molecule has 0 spiro atoms. The van der Waals surface area contributed by atoms with E-state index in [2.05, 4.69) is 75.9 Å². The van der Waals surface area contributed by atoms with Crippen molar-refractivity contribution in [3.63, 3.8) is 0 Å². The second kappa shape index (κ2) is 5.29. The number of fused-ring (bicyclic) bond motifs is 5. The molecule has 3 aromatic carbocycles. The van der Waals surface area contributed by atoms with Crippen LogP contribution in [0.3, 0.4) is 0 Å². The van der Waals surface area contributed by atoms with Crippen LogP contribution in [0.25, 0.3) is 21.9 Å². The van der Waals surface area contributed by atoms with E-state index in [0.29, 0.717) is 5.75 Å². The monoisotopic (exact) mass is 334 g/mol. The molecule has 0 saturated heterocycles. The van der Waals surface area contributed by atoms with Gasteiger partial charge in [-0.05, 0) is 57.6 Å². The molecule has 0 bridgehead atoms. The first-order valence-electron chi connectivity index (χ1n) is 8.34. The Bertz CT molecular complexity index is 969. The fraction of sp³-hybridized carbons (Fsp3) is 0.273. The molecule has 0 atom stereocenters. The van der Waals surface area contributed by atoms with E-state index >= 15 is 0 Å². The topological polar surface area (TPSA) is 9.23 Å². The molecule has 0 saturated carbocycles. The van der Waals surface area contributed by atoms with Gasteiger partial charge in [0.2, 0.25) is 0 Å². The number of methoxy groups -OCH3 is 1. The van der Waals surface area contributed by atoms with E-state index in [1.165, 1.54) is 38.6 Å². The van der Waals surface area contributed by atoms with Gasteiger partial charge in [-0.15, -0.1) is 0 Å². The molecule has 0 unspecified atom stereocenters. The van der Waals surface area contributed by atoms with Crippen molar-refractivity contribution < 1.29 is 4.74 Å². The number of ether oxygens (including phenoxy) is 1. The lowest BCUT2D eigenvalue weighted by atomic mass is 9.81. The van der Waals surface area contributed by atoms with Crippen LogP contribution in [0.15, 0.2) is 42.5 Å². The van der Waals surface area contributed by atoms with Crippen molar-refractivity contribution in [3.05, 3.63) is 64.7 Å². The predicted molar refractivity (Wildman–Crippen MR) is 105 cm³/mol. The van der Waals surface area contributed by atoms with E-state index in [0.717, 1.165) is 11.3 Å². The van der Waals surface area contributed by atoms with Gasteiger partial charge in [-0.2, -0.15) is 12.6 Å². The fourth-order valence-electron chi connectivity index (χ4n) is 4.16. The summed E-state index contributed by atoms with van der Waals surface area (Å²) in [6.45, 7) is 6.85. The number of aryl methyl sites for hydroxylation is 1. The van der Waals surface area contributed by atoms with Gasteiger partial charge in [0.1, 0.15) is 5.75 Å². The van der Waals surface area contributed by atoms with Gasteiger partial charge in [0, 0.05) is 16.7 Å². The third-order valence-corrected chi connectivity index (χ3v) is 5.80. The summed E-state index contributed by atoms with van der Waals surface area (Å²) in [7, 11) is 1.73. The van der Waals surface area contributed by atoms with Crippen LogP contribution in [0.4, 0.5) is 0 Å². The van der Waals surface area contributed by atoms with Gasteiger partial charge in [-0.25, -0.2) is 0 Å². The Morgan fingerprint density at radius 1 is 1.00 bits per heavy atom. The van der Waals surface area contributed by atoms with Crippen molar-refractivity contribution in [2.24, 2.45) is 0 Å². The summed E-state index contributed by atoms with van der Waals surface area (Å²) >= 11 is 4.50. The maximum absolute atomic E-state index is 5.58. The van der Waals surface area contributed by atoms with Crippen molar-refractivity contribution in [1.29, 1.82) is 0 Å². The van der Waals surface area contributed by atoms with E-state index in [4.69, 9.17) is 4.74 Å². The molecule has 0 heterocycles. The molecule has 0 amide bonds. The van der Waals surface area contributed by atoms with Gasteiger partial charge >= 0.3 is 0 Å². The lowest BCUT2D eigenvalue weighted by molar-refractivity contribution is 0.412. The number of hydrogen-bond acceptors (Lipinski definition) is 2. The zero-order chi connectivity index (χ0) is 17.1. The number of hydrogen-bond donors (Lipinski definition) is 1. The number of benzene rings is 3. The zero-order valence-corrected chi connectivity index (χ0v) is 15.5. The quantitative estimate of drug-likeness (QED) is 0.575. The normalized spacial score (nSPS) is 14.5. The number of rotatable bonds is 2. The van der Waals surface area contributed by atoms with Gasteiger partial charge in [0.15, 0.2) is 0 Å². The summed E-state index contributed by atoms with van der Waals surface area (Å²) in [5.41, 5.74) is 8.04. The Labute approximate surface area is 149 Å². The van der Waals surface area contributed by atoms with Gasteiger partial charge in [-0.1, -0.05) is 44.2 Å². The molecule has 0 fully saturated rings. The van der Waals surface area contributed by atoms with Crippen LogP contribution in [0.2, 0.25) is 0 Å². The summed E-state index contributed by atoms with van der Waals surface area (Å²) in [6, 6.07) is 15.6. The third kappa shape index (κ3) is 1.96. The van der Waals surface area contributed by atoms with Crippen molar-refractivity contribution in [1.82, 2.24) is 0 Å². The first-order valence-corrected chi connectivity index (χ1v) is 8.97. The summed E-state index contributed by atoms with van der Waals surface area (Å²) in [4.78, 5) is 0. The van der Waals surface area contributed by atoms with Crippen LogP contribution in [-0.4, -0.2) is 7.11 Å². The molecule has 0 aromatic heterocycles. The van der Waals surface area contributed by atoms with Gasteiger partial charge < -0.3 is 4.74 Å². The van der Waals surface area contributed by atoms with Crippen LogP contribution >= 0.6 is 12.6 Å². The van der Waals surface area contributed by atoms with Crippen LogP contribution in [0.5, 0.6) is 5.75 Å². The van der Waals surface area contributed by atoms with Gasteiger partial charge in [0.25, 0.3) is 0 Å². The lowest BCUT2D eigenvalue weighted by Gasteiger charge is -2.22. The second-order valence-corrected chi connectivity index (χ2v) is 7.47. The molecule has 3 aromatic rings. The summed E-state index contributed by atoms with van der Waals surface area (Å²) in [5.74, 6) is 1.60. The first-order chi connectivity index (χ1) is 11.5. The average molecular weight is 334 g/mol. The molecular formula is C22H22OS. The van der Waals surface area contributed by atoms with E-state index in [1.807, 2.05) is 0 Å². The van der Waals surface area contributed by atoms with E-state index in [-0.39, 0.29) is 5.41 Å². The van der Waals surface area contributed by atoms with Gasteiger partial charge in [0.05, 0.1) is 7.11 Å². The Kier molecular flexibility index (Phi) is 3.43. The standard InChI is InChI=1S/C22H22OS/c1-13-9-19-21(15-7-5-6-8-18(15)22(19,2)3)17-10-14(12-24)20(23-4)11-16(13)17/h5-11,24H,12H2,1-4H3. The highest BCUT2D eigenvalue weighted by molar-refractivity contribution is 7.79. The van der Waals surface area contributed by atoms with Crippen LogP contribution in [-0.2, 0) is 11.2 Å². The molecule has 0 aliphatic heterocycles. The van der Waals surface area contributed by atoms with Crippen molar-refractivity contribution in [3.8, 4) is 16.9 Å². The maximum Gasteiger partial charge on any atom is 0.123 e. The predicted octanol–water partition coefficient (Wildman–Crippen LogP) is 5.89. The molecule has 24 heavy (non-hydrogen) atoms. The molecule has 1 nitrogen and oxygen atoms in total. The van der Waals surface area contributed by atoms with Crippen molar-refractivity contribution in [2.45, 2.75) is 31.9 Å². The van der Waals surface area contributed by atoms with Crippen LogP contribution < -0.4 is 4.74 Å². The summed E-state index contributed by atoms with van der Waals surface area (Å²) in [6.07, 6.45) is 0. The smallest absolute Gasteiger partial charge is 0.123 e. The Balaban J connectivity index is 2.18. The largest absolute Gasteiger partial charge is 0.496 e. The molecule has 0 N–H and O–H groups in total. The van der Waals surface area contributed by atoms with E-state index in [1.54, 1.807) is 7.11 Å². The Hall–Kier alpha value is -1.93. The molecule has 1 aliphatic carbocycles. The minimum Gasteiger partial charge on any atom is -0.496 e. The minimum absolute atomic E-state index is 0.0337. The summed E-state index contributed by atoms with van der Waals surface area (Å²) < 4.78 is 5.58. The maximum atomic E-state index is 5.58. The van der Waals surface area contributed by atoms with Crippen molar-refractivity contribution >= 4 is 23.4 Å². The lowest BCUT2D eigenvalue weighted by Crippen LogP contribution is -2.15. The highest BCUT2D eigenvalue weighted by Gasteiger charge is 2.36. The number of thiol groups is 1. The van der Waals surface area contributed by atoms with Crippen LogP contribution in [0.1, 0.15) is 36.1 Å². The molecule has 4 rings (SSSR count). The summed E-state index contributed by atoms with van der Waals surface area (Å²) in [5, 5.41) is 2.58. The van der Waals surface area contributed by atoms with Gasteiger partial charge in [-0.3, -0.25) is 0 Å². The fourth-order valence-corrected chi connectivity index (χ4v) is 4.40. The third-order valence-electron chi connectivity index (χ3n) is 5.46. The highest BCUT2D eigenvalue weighted by Crippen LogP contribution is 2.52. The van der Waals surface area contributed by atoms with Crippen LogP contribution in [0, 0.1) is 6.92 Å². The zero-order valence-electron chi connectivity index (χ0n) is 14.6. The second-order valence-electron chi connectivity index (χ2n) is 7.15. The molecular weight excluding hydrogens is 312 g/mol. The van der Waals surface area contributed by atoms with E-state index in [9.17, 15) is 0 Å². The molecule has 0 radical (unpaired) electrons. The first kappa shape index (κ1) is 15.6. The van der Waals surface area contributed by atoms with E-state index < -0.39 is 0 Å². The Morgan fingerprint density at radius 3 is 2.46 bits per heavy atom. The average Bonchev–Trinajstić information content (AvgIpc) is 2.82. The Morgan fingerprint density at radius 2 is 1.75 bits per heavy atom. The molecule has 2 heteroatoms. The van der Waals surface area contributed by atoms with Crippen molar-refractivity contribution in [2.75, 3.05) is 7.11 Å². The molecule has 1 aliphatic rings.